The number of aryl methyl sites for hydroxylation is 1. The first kappa shape index (κ1) is 14.6. The molecule has 0 spiro atoms. The van der Waals surface area contributed by atoms with Gasteiger partial charge in [-0.15, -0.1) is 5.10 Å². The highest BCUT2D eigenvalue weighted by molar-refractivity contribution is 5.91. The Hall–Kier alpha value is -1.43. The van der Waals surface area contributed by atoms with E-state index in [1.165, 1.54) is 0 Å². The minimum Gasteiger partial charge on any atom is -0.351 e. The Balaban J connectivity index is 2.34. The fourth-order valence-electron chi connectivity index (χ4n) is 1.46. The Labute approximate surface area is 108 Å². The third-order valence-corrected chi connectivity index (χ3v) is 2.62. The zero-order valence-electron chi connectivity index (χ0n) is 11.2. The standard InChI is InChI=1S/C12H23N5O/c1-10(2)5-8-17-9-11(15-16-17)12(18)14-7-4-3-6-13/h9-10H,3-8,13H2,1-2H3,(H,14,18). The van der Waals surface area contributed by atoms with Gasteiger partial charge in [-0.2, -0.15) is 0 Å². The molecule has 1 rings (SSSR count). The van der Waals surface area contributed by atoms with Crippen LogP contribution in [0.25, 0.3) is 0 Å². The van der Waals surface area contributed by atoms with E-state index in [4.69, 9.17) is 5.73 Å². The van der Waals surface area contributed by atoms with Gasteiger partial charge in [0.05, 0.1) is 6.20 Å². The highest BCUT2D eigenvalue weighted by Gasteiger charge is 2.09. The lowest BCUT2D eigenvalue weighted by atomic mass is 10.1. The van der Waals surface area contributed by atoms with Gasteiger partial charge in [0.15, 0.2) is 5.69 Å². The van der Waals surface area contributed by atoms with E-state index in [9.17, 15) is 4.79 Å². The lowest BCUT2D eigenvalue weighted by Crippen LogP contribution is -2.25. The molecule has 102 valence electrons. The molecule has 6 nitrogen and oxygen atoms in total. The molecule has 0 aliphatic carbocycles. The smallest absolute Gasteiger partial charge is 0.273 e. The molecule has 18 heavy (non-hydrogen) atoms. The molecule has 0 bridgehead atoms. The third kappa shape index (κ3) is 5.27. The summed E-state index contributed by atoms with van der Waals surface area (Å²) in [5, 5.41) is 10.6. The molecule has 1 aromatic rings. The molecule has 1 amide bonds. The van der Waals surface area contributed by atoms with Gasteiger partial charge in [-0.1, -0.05) is 19.1 Å². The topological polar surface area (TPSA) is 85.8 Å². The van der Waals surface area contributed by atoms with Gasteiger partial charge in [0.2, 0.25) is 0 Å². The predicted octanol–water partition coefficient (Wildman–Crippen LogP) is 0.793. The number of hydrogen-bond acceptors (Lipinski definition) is 4. The van der Waals surface area contributed by atoms with E-state index in [0.29, 0.717) is 24.7 Å². The Morgan fingerprint density at radius 2 is 2.28 bits per heavy atom. The number of nitrogens with one attached hydrogen (secondary N) is 1. The van der Waals surface area contributed by atoms with Crippen molar-refractivity contribution in [1.29, 1.82) is 0 Å². The van der Waals surface area contributed by atoms with Crippen molar-refractivity contribution in [3.63, 3.8) is 0 Å². The zero-order chi connectivity index (χ0) is 13.4. The summed E-state index contributed by atoms with van der Waals surface area (Å²) in [5.41, 5.74) is 5.76. The molecule has 0 unspecified atom stereocenters. The summed E-state index contributed by atoms with van der Waals surface area (Å²) in [5.74, 6) is 0.450. The lowest BCUT2D eigenvalue weighted by molar-refractivity contribution is 0.0948. The first-order chi connectivity index (χ1) is 8.63. The number of rotatable bonds is 8. The van der Waals surface area contributed by atoms with Crippen molar-refractivity contribution in [2.24, 2.45) is 11.7 Å². The van der Waals surface area contributed by atoms with Crippen LogP contribution in [0.3, 0.4) is 0 Å². The molecule has 0 aliphatic heterocycles. The number of unbranched alkanes of at least 4 members (excludes halogenated alkanes) is 1. The summed E-state index contributed by atoms with van der Waals surface area (Å²) in [7, 11) is 0. The van der Waals surface area contributed by atoms with Crippen LogP contribution in [0.15, 0.2) is 6.20 Å². The van der Waals surface area contributed by atoms with Crippen LogP contribution < -0.4 is 11.1 Å². The molecular weight excluding hydrogens is 230 g/mol. The SMILES string of the molecule is CC(C)CCn1cc(C(=O)NCCCCN)nn1. The summed E-state index contributed by atoms with van der Waals surface area (Å²) in [6.07, 6.45) is 4.53. The maximum Gasteiger partial charge on any atom is 0.273 e. The van der Waals surface area contributed by atoms with Gasteiger partial charge < -0.3 is 11.1 Å². The molecular formula is C12H23N5O. The number of carbonyl (C=O) groups excluding carboxylic acids is 1. The first-order valence-corrected chi connectivity index (χ1v) is 6.52. The fraction of sp³-hybridized carbons (Fsp3) is 0.750. The van der Waals surface area contributed by atoms with Crippen molar-refractivity contribution in [2.75, 3.05) is 13.1 Å². The van der Waals surface area contributed by atoms with Gasteiger partial charge in [-0.05, 0) is 31.7 Å². The van der Waals surface area contributed by atoms with E-state index < -0.39 is 0 Å². The average Bonchev–Trinajstić information content (AvgIpc) is 2.80. The van der Waals surface area contributed by atoms with Crippen molar-refractivity contribution in [2.45, 2.75) is 39.7 Å². The molecule has 1 heterocycles. The Morgan fingerprint density at radius 3 is 2.94 bits per heavy atom. The number of carbonyl (C=O) groups is 1. The molecule has 0 aliphatic rings. The highest BCUT2D eigenvalue weighted by atomic mass is 16.2. The summed E-state index contributed by atoms with van der Waals surface area (Å²) >= 11 is 0. The second kappa shape index (κ2) is 7.81. The minimum absolute atomic E-state index is 0.164. The lowest BCUT2D eigenvalue weighted by Gasteiger charge is -2.03. The Morgan fingerprint density at radius 1 is 1.50 bits per heavy atom. The summed E-state index contributed by atoms with van der Waals surface area (Å²) in [6.45, 7) is 6.39. The second-order valence-electron chi connectivity index (χ2n) is 4.80. The third-order valence-electron chi connectivity index (χ3n) is 2.62. The fourth-order valence-corrected chi connectivity index (χ4v) is 1.46. The maximum absolute atomic E-state index is 11.7. The van der Waals surface area contributed by atoms with Crippen molar-refractivity contribution < 1.29 is 4.79 Å². The summed E-state index contributed by atoms with van der Waals surface area (Å²) < 4.78 is 1.72. The van der Waals surface area contributed by atoms with E-state index >= 15 is 0 Å². The number of nitrogens with zero attached hydrogens (tertiary/aromatic N) is 3. The largest absolute Gasteiger partial charge is 0.351 e. The summed E-state index contributed by atoms with van der Waals surface area (Å²) in [6, 6.07) is 0. The van der Waals surface area contributed by atoms with Gasteiger partial charge in [0.1, 0.15) is 0 Å². The second-order valence-corrected chi connectivity index (χ2v) is 4.80. The van der Waals surface area contributed by atoms with Gasteiger partial charge in [0.25, 0.3) is 5.91 Å². The molecule has 6 heteroatoms. The van der Waals surface area contributed by atoms with Crippen molar-refractivity contribution in [3.8, 4) is 0 Å². The van der Waals surface area contributed by atoms with Crippen LogP contribution in [0.2, 0.25) is 0 Å². The van der Waals surface area contributed by atoms with Gasteiger partial charge >= 0.3 is 0 Å². The first-order valence-electron chi connectivity index (χ1n) is 6.52. The monoisotopic (exact) mass is 253 g/mol. The van der Waals surface area contributed by atoms with E-state index in [1.807, 2.05) is 0 Å². The molecule has 0 fully saturated rings. The van der Waals surface area contributed by atoms with Crippen LogP contribution in [-0.2, 0) is 6.54 Å². The van der Waals surface area contributed by atoms with Gasteiger partial charge in [-0.25, -0.2) is 0 Å². The predicted molar refractivity (Wildman–Crippen MR) is 70.1 cm³/mol. The highest BCUT2D eigenvalue weighted by Crippen LogP contribution is 2.02. The van der Waals surface area contributed by atoms with E-state index in [0.717, 1.165) is 25.8 Å². The molecule has 0 saturated heterocycles. The van der Waals surface area contributed by atoms with Crippen LogP contribution in [0.4, 0.5) is 0 Å². The number of amides is 1. The number of nitrogens with two attached hydrogens (primary N) is 1. The van der Waals surface area contributed by atoms with E-state index in [2.05, 4.69) is 29.5 Å². The van der Waals surface area contributed by atoms with Gasteiger partial charge in [0, 0.05) is 13.1 Å². The Bertz CT molecular complexity index is 361. The minimum atomic E-state index is -0.164. The van der Waals surface area contributed by atoms with Crippen LogP contribution in [0, 0.1) is 5.92 Å². The van der Waals surface area contributed by atoms with Crippen LogP contribution in [0.5, 0.6) is 0 Å². The Kier molecular flexibility index (Phi) is 6.35. The maximum atomic E-state index is 11.7. The van der Waals surface area contributed by atoms with Crippen molar-refractivity contribution in [3.05, 3.63) is 11.9 Å². The van der Waals surface area contributed by atoms with Crippen molar-refractivity contribution >= 4 is 5.91 Å². The summed E-state index contributed by atoms with van der Waals surface area (Å²) in [4.78, 5) is 11.7. The zero-order valence-corrected chi connectivity index (χ0v) is 11.2. The van der Waals surface area contributed by atoms with Crippen LogP contribution in [-0.4, -0.2) is 34.0 Å². The van der Waals surface area contributed by atoms with Crippen LogP contribution in [0.1, 0.15) is 43.6 Å². The molecule has 0 aromatic carbocycles. The molecule has 3 N–H and O–H groups in total. The number of hydrogen-bond donors (Lipinski definition) is 2. The molecule has 0 radical (unpaired) electrons. The van der Waals surface area contributed by atoms with E-state index in [-0.39, 0.29) is 5.91 Å². The number of aromatic nitrogens is 3. The molecule has 0 atom stereocenters. The van der Waals surface area contributed by atoms with Crippen molar-refractivity contribution in [1.82, 2.24) is 20.3 Å². The van der Waals surface area contributed by atoms with E-state index in [1.54, 1.807) is 10.9 Å². The van der Waals surface area contributed by atoms with Gasteiger partial charge in [-0.3, -0.25) is 9.48 Å². The molecule has 1 aromatic heterocycles. The normalized spacial score (nSPS) is 10.9. The average molecular weight is 253 g/mol. The molecule has 0 saturated carbocycles. The van der Waals surface area contributed by atoms with Crippen LogP contribution >= 0.6 is 0 Å². The quantitative estimate of drug-likeness (QED) is 0.671.